The molecule has 0 amide bonds. The molecule has 4 nitrogen and oxygen atoms in total. The quantitative estimate of drug-likeness (QED) is 0.666. The summed E-state index contributed by atoms with van der Waals surface area (Å²) in [6, 6.07) is 8.51. The van der Waals surface area contributed by atoms with E-state index < -0.39 is 25.8 Å². The van der Waals surface area contributed by atoms with Gasteiger partial charge in [-0.2, -0.15) is 0 Å². The number of nitrogens with two attached hydrogens (primary N) is 1. The number of halogens is 3. The van der Waals surface area contributed by atoms with Crippen molar-refractivity contribution >= 4 is 44.6 Å². The molecule has 106 valence electrons. The standard InChI is InChI=1S/C12H9Cl2FN2O2S/c13-7-5-6-10(11(14)12(7)15)20(18,19)17-9-4-2-1-3-8(9)16/h1-6,17H,16H2. The van der Waals surface area contributed by atoms with Crippen molar-refractivity contribution in [3.05, 3.63) is 52.3 Å². The number of sulfonamides is 1. The minimum Gasteiger partial charge on any atom is -0.397 e. The third-order valence-electron chi connectivity index (χ3n) is 2.49. The lowest BCUT2D eigenvalue weighted by atomic mass is 10.3. The van der Waals surface area contributed by atoms with Crippen molar-refractivity contribution in [2.24, 2.45) is 0 Å². The second-order valence-electron chi connectivity index (χ2n) is 3.87. The Kier molecular flexibility index (Phi) is 4.08. The molecule has 0 unspecified atom stereocenters. The summed E-state index contributed by atoms with van der Waals surface area (Å²) in [6.45, 7) is 0. The monoisotopic (exact) mass is 334 g/mol. The Morgan fingerprint density at radius 3 is 2.40 bits per heavy atom. The summed E-state index contributed by atoms with van der Waals surface area (Å²) in [5.41, 5.74) is 6.06. The number of para-hydroxylation sites is 2. The molecule has 0 aliphatic heterocycles. The fraction of sp³-hybridized carbons (Fsp3) is 0. The number of rotatable bonds is 3. The average Bonchev–Trinajstić information content (AvgIpc) is 2.38. The largest absolute Gasteiger partial charge is 0.397 e. The van der Waals surface area contributed by atoms with E-state index in [1.807, 2.05) is 0 Å². The van der Waals surface area contributed by atoms with Crippen LogP contribution in [0.3, 0.4) is 0 Å². The first kappa shape index (κ1) is 14.9. The van der Waals surface area contributed by atoms with Crippen LogP contribution in [0, 0.1) is 5.82 Å². The molecule has 0 aromatic heterocycles. The number of nitrogen functional groups attached to an aromatic ring is 1. The molecule has 8 heteroatoms. The molecule has 2 rings (SSSR count). The predicted molar refractivity (Wildman–Crippen MR) is 78.1 cm³/mol. The highest BCUT2D eigenvalue weighted by molar-refractivity contribution is 7.92. The van der Waals surface area contributed by atoms with Gasteiger partial charge in [-0.15, -0.1) is 0 Å². The molecule has 0 bridgehead atoms. The van der Waals surface area contributed by atoms with E-state index in [1.54, 1.807) is 12.1 Å². The van der Waals surface area contributed by atoms with Crippen LogP contribution in [0.4, 0.5) is 15.8 Å². The van der Waals surface area contributed by atoms with E-state index >= 15 is 0 Å². The van der Waals surface area contributed by atoms with Crippen LogP contribution < -0.4 is 10.5 Å². The van der Waals surface area contributed by atoms with E-state index in [0.717, 1.165) is 12.1 Å². The molecular weight excluding hydrogens is 326 g/mol. The summed E-state index contributed by atoms with van der Waals surface area (Å²) in [7, 11) is -4.07. The van der Waals surface area contributed by atoms with Crippen LogP contribution >= 0.6 is 23.2 Å². The van der Waals surface area contributed by atoms with E-state index in [-0.39, 0.29) is 16.4 Å². The van der Waals surface area contributed by atoms with Crippen LogP contribution in [0.1, 0.15) is 0 Å². The molecule has 0 aliphatic rings. The van der Waals surface area contributed by atoms with E-state index in [1.165, 1.54) is 12.1 Å². The third-order valence-corrected chi connectivity index (χ3v) is 4.68. The van der Waals surface area contributed by atoms with Gasteiger partial charge in [-0.1, -0.05) is 35.3 Å². The van der Waals surface area contributed by atoms with E-state index in [0.29, 0.717) is 0 Å². The Balaban J connectivity index is 2.47. The molecule has 2 aromatic carbocycles. The molecule has 20 heavy (non-hydrogen) atoms. The van der Waals surface area contributed by atoms with Crippen LogP contribution in [0.15, 0.2) is 41.3 Å². The fourth-order valence-corrected chi connectivity index (χ4v) is 3.34. The SMILES string of the molecule is Nc1ccccc1NS(=O)(=O)c1ccc(Cl)c(F)c1Cl. The molecule has 0 spiro atoms. The molecule has 0 fully saturated rings. The molecule has 0 saturated heterocycles. The summed E-state index contributed by atoms with van der Waals surface area (Å²) in [6.07, 6.45) is 0. The van der Waals surface area contributed by atoms with Crippen molar-refractivity contribution in [1.29, 1.82) is 0 Å². The van der Waals surface area contributed by atoms with Gasteiger partial charge in [0.15, 0.2) is 5.82 Å². The van der Waals surface area contributed by atoms with Crippen molar-refractivity contribution < 1.29 is 12.8 Å². The van der Waals surface area contributed by atoms with Gasteiger partial charge in [0.2, 0.25) is 0 Å². The Labute approximate surface area is 125 Å². The van der Waals surface area contributed by atoms with E-state index in [9.17, 15) is 12.8 Å². The molecule has 0 saturated carbocycles. The summed E-state index contributed by atoms with van der Waals surface area (Å²) >= 11 is 11.2. The van der Waals surface area contributed by atoms with Crippen LogP contribution in [0.2, 0.25) is 10.0 Å². The van der Waals surface area contributed by atoms with Gasteiger partial charge in [-0.05, 0) is 24.3 Å². The Hall–Kier alpha value is -1.50. The van der Waals surface area contributed by atoms with E-state index in [2.05, 4.69) is 4.72 Å². The first-order valence-corrected chi connectivity index (χ1v) is 7.57. The van der Waals surface area contributed by atoms with Crippen LogP contribution in [-0.2, 0) is 10.0 Å². The van der Waals surface area contributed by atoms with Crippen LogP contribution in [0.5, 0.6) is 0 Å². The highest BCUT2D eigenvalue weighted by Gasteiger charge is 2.22. The number of benzene rings is 2. The lowest BCUT2D eigenvalue weighted by Crippen LogP contribution is -2.15. The lowest BCUT2D eigenvalue weighted by Gasteiger charge is -2.11. The summed E-state index contributed by atoms with van der Waals surface area (Å²) in [5, 5.41) is -0.826. The smallest absolute Gasteiger partial charge is 0.263 e. The van der Waals surface area contributed by atoms with E-state index in [4.69, 9.17) is 28.9 Å². The van der Waals surface area contributed by atoms with Crippen molar-refractivity contribution in [2.45, 2.75) is 4.90 Å². The third kappa shape index (κ3) is 2.82. The second kappa shape index (κ2) is 5.47. The Morgan fingerprint density at radius 1 is 1.10 bits per heavy atom. The highest BCUT2D eigenvalue weighted by atomic mass is 35.5. The minimum atomic E-state index is -4.07. The maximum Gasteiger partial charge on any atom is 0.263 e. The van der Waals surface area contributed by atoms with Gasteiger partial charge in [0.1, 0.15) is 4.90 Å². The zero-order chi connectivity index (χ0) is 14.9. The predicted octanol–water partition coefficient (Wildman–Crippen LogP) is 3.52. The minimum absolute atomic E-state index is 0.180. The average molecular weight is 335 g/mol. The number of hydrogen-bond acceptors (Lipinski definition) is 3. The van der Waals surface area contributed by atoms with Gasteiger partial charge < -0.3 is 5.73 Å². The van der Waals surface area contributed by atoms with Gasteiger partial charge >= 0.3 is 0 Å². The molecule has 2 aromatic rings. The summed E-state index contributed by atoms with van der Waals surface area (Å²) in [4.78, 5) is -0.413. The number of anilines is 2. The summed E-state index contributed by atoms with van der Waals surface area (Å²) < 4.78 is 40.2. The van der Waals surface area contributed by atoms with Gasteiger partial charge in [-0.3, -0.25) is 4.72 Å². The maximum atomic E-state index is 13.6. The second-order valence-corrected chi connectivity index (χ2v) is 6.30. The molecule has 0 atom stereocenters. The Bertz CT molecular complexity index is 766. The molecular formula is C12H9Cl2FN2O2S. The summed E-state index contributed by atoms with van der Waals surface area (Å²) in [5.74, 6) is -0.989. The molecule has 0 radical (unpaired) electrons. The van der Waals surface area contributed by atoms with Crippen molar-refractivity contribution in [3.63, 3.8) is 0 Å². The van der Waals surface area contributed by atoms with Gasteiger partial charge in [0, 0.05) is 0 Å². The maximum absolute atomic E-state index is 13.6. The fourth-order valence-electron chi connectivity index (χ4n) is 1.51. The van der Waals surface area contributed by atoms with Crippen molar-refractivity contribution in [3.8, 4) is 0 Å². The van der Waals surface area contributed by atoms with Gasteiger partial charge in [-0.25, -0.2) is 12.8 Å². The zero-order valence-electron chi connectivity index (χ0n) is 9.90. The number of hydrogen-bond donors (Lipinski definition) is 2. The molecule has 0 aliphatic carbocycles. The highest BCUT2D eigenvalue weighted by Crippen LogP contribution is 2.31. The first-order chi connectivity index (χ1) is 9.33. The number of nitrogens with one attached hydrogen (secondary N) is 1. The van der Waals surface area contributed by atoms with Gasteiger partial charge in [0.25, 0.3) is 10.0 Å². The van der Waals surface area contributed by atoms with Crippen LogP contribution in [0.25, 0.3) is 0 Å². The first-order valence-electron chi connectivity index (χ1n) is 5.34. The van der Waals surface area contributed by atoms with Crippen molar-refractivity contribution in [2.75, 3.05) is 10.5 Å². The van der Waals surface area contributed by atoms with Crippen molar-refractivity contribution in [1.82, 2.24) is 0 Å². The Morgan fingerprint density at radius 2 is 1.75 bits per heavy atom. The normalized spacial score (nSPS) is 11.3. The zero-order valence-corrected chi connectivity index (χ0v) is 12.2. The van der Waals surface area contributed by atoms with Gasteiger partial charge in [0.05, 0.1) is 21.4 Å². The van der Waals surface area contributed by atoms with Crippen LogP contribution in [-0.4, -0.2) is 8.42 Å². The molecule has 0 heterocycles. The molecule has 3 N–H and O–H groups in total. The lowest BCUT2D eigenvalue weighted by molar-refractivity contribution is 0.595. The topological polar surface area (TPSA) is 72.2 Å².